The van der Waals surface area contributed by atoms with Gasteiger partial charge < -0.3 is 4.90 Å². The van der Waals surface area contributed by atoms with Crippen LogP contribution in [-0.4, -0.2) is 82.4 Å². The molecule has 152 valence electrons. The number of benzene rings is 1. The second-order valence-electron chi connectivity index (χ2n) is 6.26. The molecule has 1 aliphatic rings. The molecule has 1 heterocycles. The Labute approximate surface area is 165 Å². The molecule has 2 rings (SSSR count). The van der Waals surface area contributed by atoms with Gasteiger partial charge in [-0.15, -0.1) is 0 Å². The standard InChI is InChI=1S/C16H25N3O5S3/c1-25-13-8-15(17-27(23,24)14-6-4-3-5-7-14)16(20)18-9-11-19(12-10-18)26(2,21)22/h3-7,15,17H,8-13H2,1-2H3. The Kier molecular flexibility index (Phi) is 7.69. The molecule has 0 aliphatic carbocycles. The molecule has 1 saturated heterocycles. The fourth-order valence-corrected chi connectivity index (χ4v) is 5.33. The van der Waals surface area contributed by atoms with Gasteiger partial charge in [0.25, 0.3) is 0 Å². The van der Waals surface area contributed by atoms with Crippen LogP contribution in [0.3, 0.4) is 0 Å². The smallest absolute Gasteiger partial charge is 0.241 e. The van der Waals surface area contributed by atoms with E-state index >= 15 is 0 Å². The molecule has 1 atom stereocenters. The number of carbonyl (C=O) groups is 1. The molecule has 1 amide bonds. The average molecular weight is 436 g/mol. The van der Waals surface area contributed by atoms with Gasteiger partial charge in [-0.3, -0.25) is 4.79 Å². The minimum Gasteiger partial charge on any atom is -0.339 e. The lowest BCUT2D eigenvalue weighted by Gasteiger charge is -2.35. The van der Waals surface area contributed by atoms with Crippen LogP contribution in [0.5, 0.6) is 0 Å². The number of hydrogen-bond donors (Lipinski definition) is 1. The van der Waals surface area contributed by atoms with Crippen LogP contribution >= 0.6 is 11.8 Å². The highest BCUT2D eigenvalue weighted by Crippen LogP contribution is 2.14. The maximum Gasteiger partial charge on any atom is 0.241 e. The summed E-state index contributed by atoms with van der Waals surface area (Å²) in [6.45, 7) is 0.917. The minimum atomic E-state index is -3.82. The SMILES string of the molecule is CSCCC(NS(=O)(=O)c1ccccc1)C(=O)N1CCN(S(C)(=O)=O)CC1. The van der Waals surface area contributed by atoms with Crippen molar-refractivity contribution in [3.8, 4) is 0 Å². The van der Waals surface area contributed by atoms with Crippen LogP contribution in [0, 0.1) is 0 Å². The fraction of sp³-hybridized carbons (Fsp3) is 0.562. The highest BCUT2D eigenvalue weighted by atomic mass is 32.2. The summed E-state index contributed by atoms with van der Waals surface area (Å²) < 4.78 is 52.3. The minimum absolute atomic E-state index is 0.105. The Hall–Kier alpha value is -1.14. The van der Waals surface area contributed by atoms with E-state index in [-0.39, 0.29) is 37.0 Å². The van der Waals surface area contributed by atoms with E-state index in [2.05, 4.69) is 4.72 Å². The van der Waals surface area contributed by atoms with Crippen molar-refractivity contribution in [2.45, 2.75) is 17.4 Å². The summed E-state index contributed by atoms with van der Waals surface area (Å²) in [7, 11) is -7.11. The number of rotatable bonds is 8. The normalized spacial score (nSPS) is 17.6. The molecule has 8 nitrogen and oxygen atoms in total. The Balaban J connectivity index is 2.10. The van der Waals surface area contributed by atoms with Gasteiger partial charge in [0.2, 0.25) is 26.0 Å². The maximum atomic E-state index is 12.9. The zero-order chi connectivity index (χ0) is 20.1. The van der Waals surface area contributed by atoms with Gasteiger partial charge in [0, 0.05) is 26.2 Å². The Morgan fingerprint density at radius 2 is 1.70 bits per heavy atom. The van der Waals surface area contributed by atoms with E-state index in [9.17, 15) is 21.6 Å². The molecule has 1 aromatic rings. The summed E-state index contributed by atoms with van der Waals surface area (Å²) in [5.74, 6) is 0.300. The summed E-state index contributed by atoms with van der Waals surface area (Å²) in [6.07, 6.45) is 3.39. The monoisotopic (exact) mass is 435 g/mol. The molecule has 0 spiro atoms. The average Bonchev–Trinajstić information content (AvgIpc) is 2.64. The van der Waals surface area contributed by atoms with Gasteiger partial charge in [-0.05, 0) is 30.6 Å². The molecule has 1 unspecified atom stereocenters. The summed E-state index contributed by atoms with van der Waals surface area (Å²) in [5, 5.41) is 0. The van der Waals surface area contributed by atoms with E-state index in [4.69, 9.17) is 0 Å². The van der Waals surface area contributed by atoms with E-state index < -0.39 is 26.1 Å². The van der Waals surface area contributed by atoms with Crippen molar-refractivity contribution in [2.24, 2.45) is 0 Å². The molecule has 0 radical (unpaired) electrons. The Morgan fingerprint density at radius 3 is 2.22 bits per heavy atom. The van der Waals surface area contributed by atoms with E-state index in [0.29, 0.717) is 12.2 Å². The van der Waals surface area contributed by atoms with Gasteiger partial charge in [-0.1, -0.05) is 18.2 Å². The zero-order valence-corrected chi connectivity index (χ0v) is 17.8. The van der Waals surface area contributed by atoms with Crippen LogP contribution < -0.4 is 4.72 Å². The number of nitrogens with zero attached hydrogens (tertiary/aromatic N) is 2. The van der Waals surface area contributed by atoms with Crippen LogP contribution in [0.15, 0.2) is 35.2 Å². The zero-order valence-electron chi connectivity index (χ0n) is 15.4. The number of nitrogens with one attached hydrogen (secondary N) is 1. The first-order chi connectivity index (χ1) is 12.6. The summed E-state index contributed by atoms with van der Waals surface area (Å²) in [5.41, 5.74) is 0. The molecule has 0 bridgehead atoms. The van der Waals surface area contributed by atoms with Crippen LogP contribution in [0.25, 0.3) is 0 Å². The molecule has 0 saturated carbocycles. The molecule has 0 aromatic heterocycles. The highest BCUT2D eigenvalue weighted by molar-refractivity contribution is 7.98. The Morgan fingerprint density at radius 1 is 1.11 bits per heavy atom. The van der Waals surface area contributed by atoms with Crippen molar-refractivity contribution >= 4 is 37.7 Å². The topological polar surface area (TPSA) is 104 Å². The predicted octanol–water partition coefficient (Wildman–Crippen LogP) is 0.190. The number of piperazine rings is 1. The molecule has 1 fully saturated rings. The molecular weight excluding hydrogens is 410 g/mol. The predicted molar refractivity (Wildman–Crippen MR) is 107 cm³/mol. The molecule has 1 aromatic carbocycles. The van der Waals surface area contributed by atoms with E-state index in [1.165, 1.54) is 33.1 Å². The number of hydrogen-bond acceptors (Lipinski definition) is 6. The van der Waals surface area contributed by atoms with E-state index in [1.54, 1.807) is 18.2 Å². The third-order valence-corrected chi connectivity index (χ3v) is 7.71. The molecule has 27 heavy (non-hydrogen) atoms. The first-order valence-corrected chi connectivity index (χ1v) is 13.2. The van der Waals surface area contributed by atoms with Gasteiger partial charge in [0.1, 0.15) is 6.04 Å². The number of sulfonamides is 2. The number of carbonyl (C=O) groups excluding carboxylic acids is 1. The van der Waals surface area contributed by atoms with Gasteiger partial charge in [0.05, 0.1) is 11.2 Å². The second kappa shape index (κ2) is 9.37. The van der Waals surface area contributed by atoms with Crippen molar-refractivity contribution in [2.75, 3.05) is 44.4 Å². The van der Waals surface area contributed by atoms with Crippen LogP contribution in [-0.2, 0) is 24.8 Å². The summed E-state index contributed by atoms with van der Waals surface area (Å²) in [4.78, 5) is 14.5. The number of thioether (sulfide) groups is 1. The molecule has 11 heteroatoms. The largest absolute Gasteiger partial charge is 0.339 e. The van der Waals surface area contributed by atoms with Crippen molar-refractivity contribution < 1.29 is 21.6 Å². The van der Waals surface area contributed by atoms with Crippen molar-refractivity contribution in [1.82, 2.24) is 13.9 Å². The molecule has 1 N–H and O–H groups in total. The fourth-order valence-electron chi connectivity index (χ4n) is 2.78. The third kappa shape index (κ3) is 6.18. The lowest BCUT2D eigenvalue weighted by atomic mass is 10.2. The van der Waals surface area contributed by atoms with Gasteiger partial charge in [-0.2, -0.15) is 20.8 Å². The van der Waals surface area contributed by atoms with Crippen molar-refractivity contribution in [3.63, 3.8) is 0 Å². The second-order valence-corrected chi connectivity index (χ2v) is 10.9. The van der Waals surface area contributed by atoms with Crippen molar-refractivity contribution in [3.05, 3.63) is 30.3 Å². The van der Waals surface area contributed by atoms with Crippen LogP contribution in [0.1, 0.15) is 6.42 Å². The number of amides is 1. The molecule has 1 aliphatic heterocycles. The van der Waals surface area contributed by atoms with Gasteiger partial charge in [0.15, 0.2) is 0 Å². The maximum absolute atomic E-state index is 12.9. The van der Waals surface area contributed by atoms with E-state index in [0.717, 1.165) is 6.26 Å². The lowest BCUT2D eigenvalue weighted by Crippen LogP contribution is -2.55. The third-order valence-electron chi connectivity index (χ3n) is 4.28. The summed E-state index contributed by atoms with van der Waals surface area (Å²) >= 11 is 1.53. The highest BCUT2D eigenvalue weighted by Gasteiger charge is 2.32. The quantitative estimate of drug-likeness (QED) is 0.625. The Bertz CT molecular complexity index is 835. The summed E-state index contributed by atoms with van der Waals surface area (Å²) in [6, 6.07) is 7.03. The van der Waals surface area contributed by atoms with Gasteiger partial charge in [-0.25, -0.2) is 16.8 Å². The van der Waals surface area contributed by atoms with Crippen LogP contribution in [0.4, 0.5) is 0 Å². The first kappa shape index (κ1) is 22.2. The van der Waals surface area contributed by atoms with Crippen molar-refractivity contribution in [1.29, 1.82) is 0 Å². The first-order valence-electron chi connectivity index (χ1n) is 8.45. The lowest BCUT2D eigenvalue weighted by molar-refractivity contribution is -0.134. The van der Waals surface area contributed by atoms with Crippen LogP contribution in [0.2, 0.25) is 0 Å². The van der Waals surface area contributed by atoms with E-state index in [1.807, 2.05) is 6.26 Å². The molecular formula is C16H25N3O5S3. The van der Waals surface area contributed by atoms with Gasteiger partial charge >= 0.3 is 0 Å².